The molecule has 3 heterocycles. The van der Waals surface area contributed by atoms with Crippen LogP contribution in [0.4, 0.5) is 19.7 Å². The molecule has 1 saturated heterocycles. The number of thiazole rings is 1. The topological polar surface area (TPSA) is 59.1 Å². The van der Waals surface area contributed by atoms with Crippen molar-refractivity contribution in [3.05, 3.63) is 59.9 Å². The first-order valence-corrected chi connectivity index (χ1v) is 9.91. The maximum absolute atomic E-state index is 14.0. The van der Waals surface area contributed by atoms with E-state index >= 15 is 0 Å². The van der Waals surface area contributed by atoms with Crippen LogP contribution in [0.15, 0.2) is 42.7 Å². The molecule has 1 aromatic carbocycles. The summed E-state index contributed by atoms with van der Waals surface area (Å²) in [5.41, 5.74) is 1.49. The number of hydrogen-bond acceptors (Lipinski definition) is 6. The number of benzene rings is 1. The van der Waals surface area contributed by atoms with E-state index in [-0.39, 0.29) is 0 Å². The van der Waals surface area contributed by atoms with Gasteiger partial charge in [-0.15, -0.1) is 0 Å². The molecule has 0 spiro atoms. The highest BCUT2D eigenvalue weighted by Crippen LogP contribution is 2.32. The molecule has 1 aliphatic rings. The fourth-order valence-electron chi connectivity index (χ4n) is 3.15. The zero-order valence-electron chi connectivity index (χ0n) is 15.1. The third-order valence-electron chi connectivity index (χ3n) is 4.50. The zero-order chi connectivity index (χ0) is 19.3. The van der Waals surface area contributed by atoms with Crippen molar-refractivity contribution in [2.24, 2.45) is 5.92 Å². The first kappa shape index (κ1) is 18.9. The summed E-state index contributed by atoms with van der Waals surface area (Å²) >= 11 is 1.29. The van der Waals surface area contributed by atoms with Gasteiger partial charge in [0.05, 0.1) is 18.1 Å². The minimum atomic E-state index is -0.602. The van der Waals surface area contributed by atoms with E-state index in [1.54, 1.807) is 12.4 Å². The molecule has 2 N–H and O–H groups in total. The number of hydrogen-bond donors (Lipinski definition) is 2. The maximum atomic E-state index is 14.0. The van der Waals surface area contributed by atoms with E-state index in [4.69, 9.17) is 4.74 Å². The molecule has 0 saturated carbocycles. The molecule has 1 aliphatic heterocycles. The lowest BCUT2D eigenvalue weighted by Crippen LogP contribution is -2.24. The van der Waals surface area contributed by atoms with Crippen molar-refractivity contribution in [1.82, 2.24) is 15.3 Å². The standard InChI is InChI=1S/C20H20F2N4OS/c21-15-1-2-16(17(22)9-15)18-11-25-20(28-18)26-19-8-13(3-4-24-19)7-14-10-23-5-6-27-12-14/h1-4,8-9,11,14,23H,5-7,10,12H2,(H,24,25,26). The van der Waals surface area contributed by atoms with Crippen molar-refractivity contribution in [2.75, 3.05) is 31.6 Å². The first-order chi connectivity index (χ1) is 13.7. The molecule has 4 rings (SSSR count). The Balaban J connectivity index is 1.45. The summed E-state index contributed by atoms with van der Waals surface area (Å²) in [5, 5.41) is 7.15. The molecule has 1 unspecified atom stereocenters. The number of aromatic nitrogens is 2. The molecular weight excluding hydrogens is 382 g/mol. The summed E-state index contributed by atoms with van der Waals surface area (Å²) in [5.74, 6) is -0.0971. The van der Waals surface area contributed by atoms with E-state index in [9.17, 15) is 8.78 Å². The van der Waals surface area contributed by atoms with Crippen LogP contribution in [0, 0.1) is 17.6 Å². The summed E-state index contributed by atoms with van der Waals surface area (Å²) in [6, 6.07) is 7.52. The van der Waals surface area contributed by atoms with E-state index in [0.717, 1.165) is 44.4 Å². The fraction of sp³-hybridized carbons (Fsp3) is 0.300. The van der Waals surface area contributed by atoms with E-state index < -0.39 is 11.6 Å². The lowest BCUT2D eigenvalue weighted by atomic mass is 10.0. The molecule has 28 heavy (non-hydrogen) atoms. The molecule has 8 heteroatoms. The lowest BCUT2D eigenvalue weighted by molar-refractivity contribution is 0.123. The van der Waals surface area contributed by atoms with Gasteiger partial charge in [-0.2, -0.15) is 0 Å². The van der Waals surface area contributed by atoms with Gasteiger partial charge in [0.2, 0.25) is 0 Å². The Morgan fingerprint density at radius 2 is 2.14 bits per heavy atom. The number of halogens is 2. The molecule has 1 fully saturated rings. The highest BCUT2D eigenvalue weighted by Gasteiger charge is 2.14. The largest absolute Gasteiger partial charge is 0.380 e. The van der Waals surface area contributed by atoms with Crippen LogP contribution in [-0.4, -0.2) is 36.3 Å². The van der Waals surface area contributed by atoms with Gasteiger partial charge in [-0.25, -0.2) is 18.7 Å². The average molecular weight is 402 g/mol. The Labute approximate surface area is 165 Å². The van der Waals surface area contributed by atoms with Crippen molar-refractivity contribution in [2.45, 2.75) is 6.42 Å². The number of nitrogens with zero attached hydrogens (tertiary/aromatic N) is 2. The van der Waals surface area contributed by atoms with Crippen LogP contribution in [0.25, 0.3) is 10.4 Å². The average Bonchev–Trinajstić information content (AvgIpc) is 2.97. The molecule has 5 nitrogen and oxygen atoms in total. The van der Waals surface area contributed by atoms with Crippen LogP contribution in [0.5, 0.6) is 0 Å². The summed E-state index contributed by atoms with van der Waals surface area (Å²) in [6.45, 7) is 3.32. The number of rotatable bonds is 5. The van der Waals surface area contributed by atoms with Gasteiger partial charge in [0.25, 0.3) is 0 Å². The highest BCUT2D eigenvalue weighted by molar-refractivity contribution is 7.18. The molecule has 0 radical (unpaired) electrons. The van der Waals surface area contributed by atoms with Gasteiger partial charge in [0, 0.05) is 37.1 Å². The Hall–Kier alpha value is -2.42. The second-order valence-electron chi connectivity index (χ2n) is 6.68. The van der Waals surface area contributed by atoms with Crippen LogP contribution >= 0.6 is 11.3 Å². The monoisotopic (exact) mass is 402 g/mol. The summed E-state index contributed by atoms with van der Waals surface area (Å²) in [6.07, 6.45) is 4.23. The number of pyridine rings is 1. The lowest BCUT2D eigenvalue weighted by Gasteiger charge is -2.14. The summed E-state index contributed by atoms with van der Waals surface area (Å²) in [4.78, 5) is 9.25. The van der Waals surface area contributed by atoms with Gasteiger partial charge < -0.3 is 15.4 Å². The first-order valence-electron chi connectivity index (χ1n) is 9.09. The Kier molecular flexibility index (Phi) is 5.90. The van der Waals surface area contributed by atoms with Crippen LogP contribution in [0.3, 0.4) is 0 Å². The summed E-state index contributed by atoms with van der Waals surface area (Å²) in [7, 11) is 0. The molecule has 146 valence electrons. The van der Waals surface area contributed by atoms with E-state index in [0.29, 0.717) is 27.3 Å². The van der Waals surface area contributed by atoms with Crippen LogP contribution < -0.4 is 10.6 Å². The Morgan fingerprint density at radius 3 is 3.04 bits per heavy atom. The molecule has 0 bridgehead atoms. The highest BCUT2D eigenvalue weighted by atomic mass is 32.1. The molecule has 2 aromatic heterocycles. The van der Waals surface area contributed by atoms with Crippen molar-refractivity contribution in [3.8, 4) is 10.4 Å². The SMILES string of the molecule is Fc1ccc(-c2cnc(Nc3cc(CC4CNCCOC4)ccn3)s2)c(F)c1. The van der Waals surface area contributed by atoms with E-state index in [2.05, 4.69) is 20.6 Å². The van der Waals surface area contributed by atoms with Gasteiger partial charge in [0.1, 0.15) is 17.5 Å². The number of ether oxygens (including phenoxy) is 1. The van der Waals surface area contributed by atoms with Gasteiger partial charge in [-0.05, 0) is 42.2 Å². The molecule has 1 atom stereocenters. The molecule has 0 amide bonds. The van der Waals surface area contributed by atoms with Crippen molar-refractivity contribution < 1.29 is 13.5 Å². The molecule has 0 aliphatic carbocycles. The van der Waals surface area contributed by atoms with Crippen molar-refractivity contribution in [3.63, 3.8) is 0 Å². The van der Waals surface area contributed by atoms with Crippen LogP contribution in [0.2, 0.25) is 0 Å². The third kappa shape index (κ3) is 4.70. The molecular formula is C20H20F2N4OS. The zero-order valence-corrected chi connectivity index (χ0v) is 15.9. The van der Waals surface area contributed by atoms with E-state index in [1.165, 1.54) is 23.5 Å². The van der Waals surface area contributed by atoms with Gasteiger partial charge in [0.15, 0.2) is 5.13 Å². The minimum absolute atomic E-state index is 0.328. The third-order valence-corrected chi connectivity index (χ3v) is 5.44. The van der Waals surface area contributed by atoms with Gasteiger partial charge in [-0.1, -0.05) is 11.3 Å². The normalized spacial score (nSPS) is 17.3. The maximum Gasteiger partial charge on any atom is 0.188 e. The van der Waals surface area contributed by atoms with Crippen LogP contribution in [-0.2, 0) is 11.2 Å². The fourth-order valence-corrected chi connectivity index (χ4v) is 4.00. The number of anilines is 2. The summed E-state index contributed by atoms with van der Waals surface area (Å²) < 4.78 is 32.7. The van der Waals surface area contributed by atoms with Crippen molar-refractivity contribution in [1.29, 1.82) is 0 Å². The second kappa shape index (κ2) is 8.72. The Morgan fingerprint density at radius 1 is 1.21 bits per heavy atom. The predicted octanol–water partition coefficient (Wildman–Crippen LogP) is 4.01. The predicted molar refractivity (Wildman–Crippen MR) is 106 cm³/mol. The minimum Gasteiger partial charge on any atom is -0.380 e. The quantitative estimate of drug-likeness (QED) is 0.675. The van der Waals surface area contributed by atoms with Crippen molar-refractivity contribution >= 4 is 22.3 Å². The van der Waals surface area contributed by atoms with E-state index in [1.807, 2.05) is 12.1 Å². The molecule has 3 aromatic rings. The smallest absolute Gasteiger partial charge is 0.188 e. The Bertz CT molecular complexity index is 941. The number of nitrogens with one attached hydrogen (secondary N) is 2. The van der Waals surface area contributed by atoms with Gasteiger partial charge in [-0.3, -0.25) is 0 Å². The van der Waals surface area contributed by atoms with Gasteiger partial charge >= 0.3 is 0 Å². The second-order valence-corrected chi connectivity index (χ2v) is 7.71. The van der Waals surface area contributed by atoms with Crippen LogP contribution in [0.1, 0.15) is 5.56 Å².